The number of aliphatic hydroxyl groups is 1. The third-order valence-electron chi connectivity index (χ3n) is 6.32. The predicted octanol–water partition coefficient (Wildman–Crippen LogP) is 3.97. The lowest BCUT2D eigenvalue weighted by molar-refractivity contribution is -0.136. The number of carbonyl (C=O) groups excluding carboxylic acids is 1. The molecule has 0 spiro atoms. The van der Waals surface area contributed by atoms with Crippen LogP contribution in [-0.4, -0.2) is 24.1 Å². The molecular weight excluding hydrogens is 300 g/mol. The van der Waals surface area contributed by atoms with Crippen molar-refractivity contribution in [3.8, 4) is 5.75 Å². The molecule has 2 aliphatic carbocycles. The minimum Gasteiger partial charge on any atom is -0.497 e. The number of aliphatic hydroxyl groups excluding tert-OH is 1. The Morgan fingerprint density at radius 3 is 2.42 bits per heavy atom. The molecule has 6 atom stereocenters. The monoisotopic (exact) mass is 328 g/mol. The van der Waals surface area contributed by atoms with E-state index in [2.05, 4.69) is 19.1 Å². The molecular formula is C21H28O3. The SMILES string of the molecule is COc1ccc([C@H](C)[C@@H](O)[C@H](C)C(=O)[C@@]2(C)C[C@@H]3C=C[C@H]2C3)cc1. The second kappa shape index (κ2) is 6.36. The van der Waals surface area contributed by atoms with Gasteiger partial charge in [0.1, 0.15) is 11.5 Å². The number of rotatable bonds is 6. The number of methoxy groups -OCH3 is 1. The Morgan fingerprint density at radius 2 is 1.92 bits per heavy atom. The van der Waals surface area contributed by atoms with Gasteiger partial charge in [-0.1, -0.05) is 45.1 Å². The molecule has 3 nitrogen and oxygen atoms in total. The highest BCUT2D eigenvalue weighted by atomic mass is 16.5. The summed E-state index contributed by atoms with van der Waals surface area (Å²) in [6, 6.07) is 7.72. The molecule has 0 heterocycles. The normalized spacial score (nSPS) is 31.7. The smallest absolute Gasteiger partial charge is 0.144 e. The zero-order valence-electron chi connectivity index (χ0n) is 15.0. The molecule has 1 aromatic rings. The maximum atomic E-state index is 13.1. The summed E-state index contributed by atoms with van der Waals surface area (Å²) in [6.45, 7) is 5.96. The Bertz CT molecular complexity index is 633. The minimum atomic E-state index is -0.675. The maximum Gasteiger partial charge on any atom is 0.144 e. The number of hydrogen-bond acceptors (Lipinski definition) is 3. The summed E-state index contributed by atoms with van der Waals surface area (Å²) in [7, 11) is 1.64. The van der Waals surface area contributed by atoms with E-state index in [0.717, 1.165) is 24.2 Å². The van der Waals surface area contributed by atoms with Crippen LogP contribution in [0.2, 0.25) is 0 Å². The van der Waals surface area contributed by atoms with Crippen molar-refractivity contribution >= 4 is 5.78 Å². The summed E-state index contributed by atoms with van der Waals surface area (Å²) in [5.41, 5.74) is 0.723. The van der Waals surface area contributed by atoms with Crippen LogP contribution in [0.3, 0.4) is 0 Å². The molecule has 1 saturated carbocycles. The van der Waals surface area contributed by atoms with E-state index in [1.165, 1.54) is 0 Å². The average molecular weight is 328 g/mol. The number of fused-ring (bicyclic) bond motifs is 2. The molecule has 3 rings (SSSR count). The second-order valence-corrected chi connectivity index (χ2v) is 7.81. The van der Waals surface area contributed by atoms with E-state index in [4.69, 9.17) is 4.74 Å². The number of benzene rings is 1. The highest BCUT2D eigenvalue weighted by molar-refractivity contribution is 5.88. The second-order valence-electron chi connectivity index (χ2n) is 7.81. The molecule has 0 aromatic heterocycles. The molecule has 130 valence electrons. The maximum absolute atomic E-state index is 13.1. The highest BCUT2D eigenvalue weighted by Crippen LogP contribution is 2.53. The summed E-state index contributed by atoms with van der Waals surface area (Å²) in [5.74, 6) is 1.46. The van der Waals surface area contributed by atoms with E-state index in [0.29, 0.717) is 11.8 Å². The van der Waals surface area contributed by atoms with Gasteiger partial charge in [0.15, 0.2) is 0 Å². The first-order valence-electron chi connectivity index (χ1n) is 8.91. The quantitative estimate of drug-likeness (QED) is 0.804. The van der Waals surface area contributed by atoms with Crippen molar-refractivity contribution in [3.05, 3.63) is 42.0 Å². The van der Waals surface area contributed by atoms with Gasteiger partial charge in [0.05, 0.1) is 13.2 Å². The van der Waals surface area contributed by atoms with Crippen LogP contribution in [0.4, 0.5) is 0 Å². The summed E-state index contributed by atoms with van der Waals surface area (Å²) >= 11 is 0. The van der Waals surface area contributed by atoms with E-state index in [-0.39, 0.29) is 23.0 Å². The Balaban J connectivity index is 1.72. The van der Waals surface area contributed by atoms with Crippen molar-refractivity contribution in [1.29, 1.82) is 0 Å². The lowest BCUT2D eigenvalue weighted by Gasteiger charge is -2.35. The number of Topliss-reactive ketones (excluding diaryl/α,β-unsaturated/α-hetero) is 1. The molecule has 3 heteroatoms. The molecule has 1 N–H and O–H groups in total. The van der Waals surface area contributed by atoms with Gasteiger partial charge in [-0.25, -0.2) is 0 Å². The Kier molecular flexibility index (Phi) is 4.56. The summed E-state index contributed by atoms with van der Waals surface area (Å²) < 4.78 is 5.18. The number of carbonyl (C=O) groups is 1. The predicted molar refractivity (Wildman–Crippen MR) is 95.0 cm³/mol. The highest BCUT2D eigenvalue weighted by Gasteiger charge is 2.51. The van der Waals surface area contributed by atoms with E-state index in [1.54, 1.807) is 7.11 Å². The molecule has 0 amide bonds. The van der Waals surface area contributed by atoms with Gasteiger partial charge in [-0.3, -0.25) is 4.79 Å². The van der Waals surface area contributed by atoms with Crippen LogP contribution in [0.15, 0.2) is 36.4 Å². The minimum absolute atomic E-state index is 0.0902. The van der Waals surface area contributed by atoms with Crippen LogP contribution in [0.1, 0.15) is 45.1 Å². The first-order chi connectivity index (χ1) is 11.4. The lowest BCUT2D eigenvalue weighted by Crippen LogP contribution is -2.41. The van der Waals surface area contributed by atoms with Crippen molar-refractivity contribution in [1.82, 2.24) is 0 Å². The fourth-order valence-electron chi connectivity index (χ4n) is 4.59. The van der Waals surface area contributed by atoms with Crippen molar-refractivity contribution < 1.29 is 14.6 Å². The fraction of sp³-hybridized carbons (Fsp3) is 0.571. The van der Waals surface area contributed by atoms with E-state index < -0.39 is 6.10 Å². The van der Waals surface area contributed by atoms with E-state index in [1.807, 2.05) is 38.1 Å². The van der Waals surface area contributed by atoms with Crippen LogP contribution in [0.5, 0.6) is 5.75 Å². The van der Waals surface area contributed by atoms with E-state index in [9.17, 15) is 9.90 Å². The first kappa shape index (κ1) is 17.2. The van der Waals surface area contributed by atoms with Gasteiger partial charge < -0.3 is 9.84 Å². The van der Waals surface area contributed by atoms with E-state index >= 15 is 0 Å². The Hall–Kier alpha value is -1.61. The molecule has 0 aliphatic heterocycles. The van der Waals surface area contributed by atoms with Crippen LogP contribution >= 0.6 is 0 Å². The number of ketones is 1. The van der Waals surface area contributed by atoms with Crippen LogP contribution < -0.4 is 4.74 Å². The average Bonchev–Trinajstić information content (AvgIpc) is 3.20. The van der Waals surface area contributed by atoms with Gasteiger partial charge in [0.2, 0.25) is 0 Å². The molecule has 0 radical (unpaired) electrons. The topological polar surface area (TPSA) is 46.5 Å². The van der Waals surface area contributed by atoms with Gasteiger partial charge in [0, 0.05) is 17.3 Å². The molecule has 1 aromatic carbocycles. The number of hydrogen-bond donors (Lipinski definition) is 1. The van der Waals surface area contributed by atoms with Gasteiger partial charge >= 0.3 is 0 Å². The largest absolute Gasteiger partial charge is 0.497 e. The molecule has 24 heavy (non-hydrogen) atoms. The molecule has 1 fully saturated rings. The molecule has 0 unspecified atom stereocenters. The fourth-order valence-corrected chi connectivity index (χ4v) is 4.59. The zero-order valence-corrected chi connectivity index (χ0v) is 15.0. The van der Waals surface area contributed by atoms with Gasteiger partial charge in [-0.05, 0) is 42.4 Å². The zero-order chi connectivity index (χ0) is 17.5. The number of ether oxygens (including phenoxy) is 1. The van der Waals surface area contributed by atoms with Crippen LogP contribution in [0, 0.1) is 23.2 Å². The van der Waals surface area contributed by atoms with Crippen molar-refractivity contribution in [2.75, 3.05) is 7.11 Å². The van der Waals surface area contributed by atoms with Crippen molar-refractivity contribution in [3.63, 3.8) is 0 Å². The Labute approximate surface area is 144 Å². The molecule has 2 bridgehead atoms. The lowest BCUT2D eigenvalue weighted by atomic mass is 9.68. The molecule has 0 saturated heterocycles. The van der Waals surface area contributed by atoms with Gasteiger partial charge in [-0.2, -0.15) is 0 Å². The van der Waals surface area contributed by atoms with Crippen molar-refractivity contribution in [2.45, 2.75) is 45.6 Å². The van der Waals surface area contributed by atoms with Crippen LogP contribution in [0.25, 0.3) is 0 Å². The van der Waals surface area contributed by atoms with Crippen molar-refractivity contribution in [2.24, 2.45) is 23.2 Å². The standard InChI is InChI=1S/C21H28O3/c1-13(16-6-9-18(24-4)10-7-16)19(22)14(2)20(23)21(3)12-15-5-8-17(21)11-15/h5-10,13-15,17,19,22H,11-12H2,1-4H3/t13-,14-,15+,17-,19+,21-/m0/s1. The number of allylic oxidation sites excluding steroid dienone is 2. The first-order valence-corrected chi connectivity index (χ1v) is 8.91. The summed E-state index contributed by atoms with van der Waals surface area (Å²) in [5, 5.41) is 10.8. The third kappa shape index (κ3) is 2.79. The third-order valence-corrected chi connectivity index (χ3v) is 6.32. The van der Waals surface area contributed by atoms with Gasteiger partial charge in [-0.15, -0.1) is 0 Å². The van der Waals surface area contributed by atoms with Gasteiger partial charge in [0.25, 0.3) is 0 Å². The summed E-state index contributed by atoms with van der Waals surface area (Å²) in [6.07, 6.45) is 5.81. The van der Waals surface area contributed by atoms with Crippen LogP contribution in [-0.2, 0) is 4.79 Å². The molecule has 2 aliphatic rings. The Morgan fingerprint density at radius 1 is 1.25 bits per heavy atom. The summed E-state index contributed by atoms with van der Waals surface area (Å²) in [4.78, 5) is 13.1.